The molecule has 1 aliphatic carbocycles. The van der Waals surface area contributed by atoms with Crippen molar-refractivity contribution in [2.45, 2.75) is 12.8 Å². The highest BCUT2D eigenvalue weighted by Crippen LogP contribution is 2.25. The van der Waals surface area contributed by atoms with Crippen LogP contribution in [0.1, 0.15) is 12.8 Å². The molecule has 1 fully saturated rings. The highest BCUT2D eigenvalue weighted by Gasteiger charge is 2.18. The molecule has 0 aromatic rings. The molecule has 0 saturated heterocycles. The van der Waals surface area contributed by atoms with Crippen molar-refractivity contribution in [1.29, 1.82) is 0 Å². The summed E-state index contributed by atoms with van der Waals surface area (Å²) in [5.41, 5.74) is 0. The Hall–Kier alpha value is -0.310. The summed E-state index contributed by atoms with van der Waals surface area (Å²) < 4.78 is 19.6. The molecule has 0 bridgehead atoms. The molecular formula is C4H6O2S. The third kappa shape index (κ3) is 1.73. The minimum Gasteiger partial charge on any atom is -0.185 e. The van der Waals surface area contributed by atoms with Crippen molar-refractivity contribution < 1.29 is 8.42 Å². The van der Waals surface area contributed by atoms with Crippen LogP contribution < -0.4 is 0 Å². The molecule has 0 amide bonds. The first-order chi connectivity index (χ1) is 3.29. The summed E-state index contributed by atoms with van der Waals surface area (Å²) in [5, 5.41) is 1.36. The molecule has 1 aliphatic rings. The summed E-state index contributed by atoms with van der Waals surface area (Å²) >= 11 is 0. The standard InChI is InChI=1S/C4H6O2S/c5-7(6)3-4-1-2-4/h3-4H,1-2H2. The third-order valence-electron chi connectivity index (χ3n) is 0.926. The van der Waals surface area contributed by atoms with Crippen LogP contribution in [0.2, 0.25) is 0 Å². The van der Waals surface area contributed by atoms with Crippen molar-refractivity contribution in [2.75, 3.05) is 0 Å². The summed E-state index contributed by atoms with van der Waals surface area (Å²) in [6.45, 7) is 0. The van der Waals surface area contributed by atoms with Gasteiger partial charge in [-0.25, -0.2) is 0 Å². The summed E-state index contributed by atoms with van der Waals surface area (Å²) in [6, 6.07) is 0. The van der Waals surface area contributed by atoms with E-state index < -0.39 is 10.3 Å². The Balaban J connectivity index is 2.61. The Morgan fingerprint density at radius 2 is 2.00 bits per heavy atom. The van der Waals surface area contributed by atoms with Gasteiger partial charge in [0.1, 0.15) is 0 Å². The fourth-order valence-corrected chi connectivity index (χ4v) is 0.976. The Kier molecular flexibility index (Phi) is 1.15. The Bertz CT molecular complexity index is 166. The highest BCUT2D eigenvalue weighted by atomic mass is 32.2. The molecular weight excluding hydrogens is 112 g/mol. The fourth-order valence-electron chi connectivity index (χ4n) is 0.389. The predicted molar refractivity (Wildman–Crippen MR) is 27.7 cm³/mol. The van der Waals surface area contributed by atoms with Crippen molar-refractivity contribution in [3.05, 3.63) is 0 Å². The first-order valence-corrected chi connectivity index (χ1v) is 3.36. The van der Waals surface area contributed by atoms with E-state index in [0.29, 0.717) is 5.92 Å². The lowest BCUT2D eigenvalue weighted by Gasteiger charge is -1.61. The number of hydrogen-bond acceptors (Lipinski definition) is 2. The van der Waals surface area contributed by atoms with Gasteiger partial charge >= 0.3 is 0 Å². The normalized spacial score (nSPS) is 18.9. The van der Waals surface area contributed by atoms with E-state index in [9.17, 15) is 8.42 Å². The van der Waals surface area contributed by atoms with Gasteiger partial charge in [-0.1, -0.05) is 0 Å². The van der Waals surface area contributed by atoms with Crippen molar-refractivity contribution >= 4 is 15.7 Å². The zero-order chi connectivity index (χ0) is 5.28. The molecule has 0 unspecified atom stereocenters. The minimum absolute atomic E-state index is 0.387. The van der Waals surface area contributed by atoms with Crippen molar-refractivity contribution in [3.63, 3.8) is 0 Å². The lowest BCUT2D eigenvalue weighted by molar-refractivity contribution is 0.627. The second-order valence-corrected chi connectivity index (χ2v) is 2.53. The van der Waals surface area contributed by atoms with E-state index in [2.05, 4.69) is 0 Å². The number of hydrogen-bond donors (Lipinski definition) is 0. The summed E-state index contributed by atoms with van der Waals surface area (Å²) in [7, 11) is -1.91. The highest BCUT2D eigenvalue weighted by molar-refractivity contribution is 7.71. The van der Waals surface area contributed by atoms with E-state index in [4.69, 9.17) is 0 Å². The van der Waals surface area contributed by atoms with Gasteiger partial charge in [-0.05, 0) is 18.8 Å². The van der Waals surface area contributed by atoms with Gasteiger partial charge in [-0.15, -0.1) is 0 Å². The first-order valence-electron chi connectivity index (χ1n) is 2.22. The molecule has 0 aromatic carbocycles. The van der Waals surface area contributed by atoms with Crippen LogP contribution in [0.4, 0.5) is 0 Å². The molecule has 0 aliphatic heterocycles. The molecule has 0 spiro atoms. The molecule has 0 radical (unpaired) electrons. The molecule has 0 heterocycles. The first kappa shape index (κ1) is 4.84. The molecule has 3 heteroatoms. The van der Waals surface area contributed by atoms with E-state index in [0.717, 1.165) is 12.8 Å². The van der Waals surface area contributed by atoms with Crippen LogP contribution in [0.5, 0.6) is 0 Å². The van der Waals surface area contributed by atoms with Gasteiger partial charge in [-0.3, -0.25) is 0 Å². The van der Waals surface area contributed by atoms with Crippen LogP contribution >= 0.6 is 0 Å². The van der Waals surface area contributed by atoms with Crippen molar-refractivity contribution in [1.82, 2.24) is 0 Å². The van der Waals surface area contributed by atoms with Crippen LogP contribution in [0, 0.1) is 5.92 Å². The molecule has 40 valence electrons. The van der Waals surface area contributed by atoms with Crippen LogP contribution in [0.3, 0.4) is 0 Å². The smallest absolute Gasteiger partial charge is 0.185 e. The Morgan fingerprint density at radius 3 is 2.14 bits per heavy atom. The summed E-state index contributed by atoms with van der Waals surface area (Å²) in [6.07, 6.45) is 2.13. The Labute approximate surface area is 43.7 Å². The van der Waals surface area contributed by atoms with Gasteiger partial charge < -0.3 is 0 Å². The lowest BCUT2D eigenvalue weighted by atomic mass is 10.5. The fraction of sp³-hybridized carbons (Fsp3) is 0.750. The van der Waals surface area contributed by atoms with Crippen molar-refractivity contribution in [2.24, 2.45) is 5.92 Å². The van der Waals surface area contributed by atoms with Crippen LogP contribution in [0.15, 0.2) is 0 Å². The molecule has 7 heavy (non-hydrogen) atoms. The SMILES string of the molecule is O=S(=O)=CC1CC1. The van der Waals surface area contributed by atoms with Gasteiger partial charge in [0.2, 0.25) is 10.3 Å². The van der Waals surface area contributed by atoms with Crippen LogP contribution in [0.25, 0.3) is 0 Å². The average Bonchev–Trinajstić information content (AvgIpc) is 2.17. The minimum atomic E-state index is -1.91. The van der Waals surface area contributed by atoms with Crippen LogP contribution in [-0.2, 0) is 10.3 Å². The second kappa shape index (κ2) is 1.66. The van der Waals surface area contributed by atoms with Gasteiger partial charge in [0.15, 0.2) is 0 Å². The van der Waals surface area contributed by atoms with E-state index in [1.54, 1.807) is 0 Å². The topological polar surface area (TPSA) is 34.1 Å². The zero-order valence-corrected chi connectivity index (χ0v) is 4.61. The molecule has 0 N–H and O–H groups in total. The maximum Gasteiger partial charge on any atom is 0.210 e. The zero-order valence-electron chi connectivity index (χ0n) is 3.79. The maximum atomic E-state index is 9.79. The third-order valence-corrected chi connectivity index (χ3v) is 1.53. The largest absolute Gasteiger partial charge is 0.210 e. The summed E-state index contributed by atoms with van der Waals surface area (Å²) in [5.74, 6) is 0.387. The van der Waals surface area contributed by atoms with E-state index in [-0.39, 0.29) is 0 Å². The van der Waals surface area contributed by atoms with Gasteiger partial charge in [0.05, 0.1) is 0 Å². The molecule has 1 saturated carbocycles. The molecule has 0 aromatic heterocycles. The average molecular weight is 118 g/mol. The Morgan fingerprint density at radius 1 is 1.43 bits per heavy atom. The van der Waals surface area contributed by atoms with Crippen LogP contribution in [-0.4, -0.2) is 13.8 Å². The number of rotatable bonds is 1. The van der Waals surface area contributed by atoms with E-state index in [1.165, 1.54) is 5.37 Å². The lowest BCUT2D eigenvalue weighted by Crippen LogP contribution is -1.73. The summed E-state index contributed by atoms with van der Waals surface area (Å²) in [4.78, 5) is 0. The second-order valence-electron chi connectivity index (χ2n) is 1.73. The maximum absolute atomic E-state index is 9.79. The van der Waals surface area contributed by atoms with Crippen molar-refractivity contribution in [3.8, 4) is 0 Å². The van der Waals surface area contributed by atoms with Gasteiger partial charge in [-0.2, -0.15) is 8.42 Å². The van der Waals surface area contributed by atoms with Gasteiger partial charge in [0.25, 0.3) is 0 Å². The van der Waals surface area contributed by atoms with E-state index >= 15 is 0 Å². The van der Waals surface area contributed by atoms with Gasteiger partial charge in [0, 0.05) is 5.37 Å². The monoisotopic (exact) mass is 118 g/mol. The molecule has 2 nitrogen and oxygen atoms in total. The molecule has 1 rings (SSSR count). The predicted octanol–water partition coefficient (Wildman–Crippen LogP) is 0.0777. The molecule has 0 atom stereocenters. The van der Waals surface area contributed by atoms with E-state index in [1.807, 2.05) is 0 Å². The quantitative estimate of drug-likeness (QED) is 0.457.